The zero-order valence-corrected chi connectivity index (χ0v) is 14.9. The van der Waals surface area contributed by atoms with Crippen molar-refractivity contribution in [2.75, 3.05) is 11.9 Å². The zero-order valence-electron chi connectivity index (χ0n) is 13.3. The van der Waals surface area contributed by atoms with Crippen molar-refractivity contribution < 1.29 is 4.42 Å². The molecule has 0 fully saturated rings. The fraction of sp³-hybridized carbons (Fsp3) is 0.312. The predicted octanol–water partition coefficient (Wildman–Crippen LogP) is 4.53. The van der Waals surface area contributed by atoms with E-state index in [1.807, 2.05) is 6.92 Å². The largest absolute Gasteiger partial charge is 0.444 e. The van der Waals surface area contributed by atoms with E-state index in [2.05, 4.69) is 52.5 Å². The number of nitrogens with zero attached hydrogens (tertiary/aromatic N) is 3. The van der Waals surface area contributed by atoms with Crippen LogP contribution in [0.15, 0.2) is 33.2 Å². The van der Waals surface area contributed by atoms with Crippen LogP contribution in [0.1, 0.15) is 23.7 Å². The summed E-state index contributed by atoms with van der Waals surface area (Å²) in [7, 11) is 0. The number of hydrogen-bond acceptors (Lipinski definition) is 7. The van der Waals surface area contributed by atoms with Crippen molar-refractivity contribution in [1.29, 1.82) is 0 Å². The number of aromatic nitrogens is 3. The van der Waals surface area contributed by atoms with E-state index < -0.39 is 0 Å². The molecule has 0 spiro atoms. The van der Waals surface area contributed by atoms with E-state index in [9.17, 15) is 0 Å². The Morgan fingerprint density at radius 3 is 2.91 bits per heavy atom. The lowest BCUT2D eigenvalue weighted by Crippen LogP contribution is -1.94. The molecule has 1 aromatic carbocycles. The Kier molecular flexibility index (Phi) is 4.97. The van der Waals surface area contributed by atoms with Crippen LogP contribution < -0.4 is 5.32 Å². The number of hydrogen-bond donors (Lipinski definition) is 1. The Bertz CT molecular complexity index is 797. The third-order valence-electron chi connectivity index (χ3n) is 3.24. The molecule has 1 N–H and O–H groups in total. The maximum Gasteiger partial charge on any atom is 0.226 e. The fourth-order valence-corrected chi connectivity index (χ4v) is 3.87. The summed E-state index contributed by atoms with van der Waals surface area (Å²) in [5.74, 6) is 1.39. The van der Waals surface area contributed by atoms with E-state index in [1.54, 1.807) is 29.4 Å². The second-order valence-electron chi connectivity index (χ2n) is 5.15. The van der Waals surface area contributed by atoms with Crippen LogP contribution in [-0.2, 0) is 5.75 Å². The van der Waals surface area contributed by atoms with Crippen molar-refractivity contribution in [2.24, 2.45) is 0 Å². The highest BCUT2D eigenvalue weighted by Gasteiger charge is 2.11. The summed E-state index contributed by atoms with van der Waals surface area (Å²) in [5, 5.41) is 12.2. The van der Waals surface area contributed by atoms with Gasteiger partial charge in [0.05, 0.1) is 5.69 Å². The molecule has 2 aromatic heterocycles. The smallest absolute Gasteiger partial charge is 0.226 e. The van der Waals surface area contributed by atoms with Gasteiger partial charge in [0.2, 0.25) is 11.0 Å². The van der Waals surface area contributed by atoms with E-state index in [4.69, 9.17) is 4.42 Å². The average Bonchev–Trinajstić information content (AvgIpc) is 3.15. The molecular formula is C16H18N4OS2. The molecular weight excluding hydrogens is 328 g/mol. The van der Waals surface area contributed by atoms with Gasteiger partial charge in [-0.3, -0.25) is 0 Å². The first kappa shape index (κ1) is 16.0. The Balaban J connectivity index is 1.67. The average molecular weight is 346 g/mol. The summed E-state index contributed by atoms with van der Waals surface area (Å²) in [6, 6.07) is 6.27. The van der Waals surface area contributed by atoms with E-state index in [1.165, 1.54) is 11.1 Å². The van der Waals surface area contributed by atoms with Gasteiger partial charge in [0, 0.05) is 17.9 Å². The van der Waals surface area contributed by atoms with Crippen molar-refractivity contribution >= 4 is 28.2 Å². The molecule has 0 saturated heterocycles. The lowest BCUT2D eigenvalue weighted by Gasteiger charge is -2.02. The Hall–Kier alpha value is -1.86. The maximum absolute atomic E-state index is 5.63. The lowest BCUT2D eigenvalue weighted by atomic mass is 10.1. The van der Waals surface area contributed by atoms with Crippen LogP contribution in [0.3, 0.4) is 0 Å². The van der Waals surface area contributed by atoms with Crippen LogP contribution in [0.2, 0.25) is 0 Å². The van der Waals surface area contributed by atoms with Crippen LogP contribution in [0.5, 0.6) is 0 Å². The summed E-state index contributed by atoms with van der Waals surface area (Å²) in [6.07, 6.45) is 1.72. The number of nitrogens with one attached hydrogen (secondary N) is 1. The molecule has 0 atom stereocenters. The van der Waals surface area contributed by atoms with E-state index >= 15 is 0 Å². The normalized spacial score (nSPS) is 10.9. The van der Waals surface area contributed by atoms with E-state index in [0.29, 0.717) is 5.89 Å². The van der Waals surface area contributed by atoms with Gasteiger partial charge in [-0.25, -0.2) is 4.98 Å². The first-order chi connectivity index (χ1) is 11.2. The van der Waals surface area contributed by atoms with E-state index in [0.717, 1.165) is 33.0 Å². The van der Waals surface area contributed by atoms with Crippen molar-refractivity contribution in [3.05, 3.63) is 41.3 Å². The third-order valence-corrected chi connectivity index (χ3v) is 5.29. The molecule has 3 aromatic rings. The molecule has 0 radical (unpaired) electrons. The van der Waals surface area contributed by atoms with Crippen LogP contribution in [0.25, 0.3) is 11.5 Å². The number of thioether (sulfide) groups is 1. The summed E-state index contributed by atoms with van der Waals surface area (Å²) in [5.41, 5.74) is 4.36. The minimum atomic E-state index is 0.670. The molecule has 23 heavy (non-hydrogen) atoms. The molecule has 0 amide bonds. The lowest BCUT2D eigenvalue weighted by molar-refractivity contribution is 0.573. The highest BCUT2D eigenvalue weighted by Crippen LogP contribution is 2.29. The summed E-state index contributed by atoms with van der Waals surface area (Å²) >= 11 is 3.17. The molecule has 7 heteroatoms. The van der Waals surface area contributed by atoms with Crippen molar-refractivity contribution in [2.45, 2.75) is 30.9 Å². The van der Waals surface area contributed by atoms with Gasteiger partial charge in [-0.15, -0.1) is 10.2 Å². The van der Waals surface area contributed by atoms with Gasteiger partial charge in [-0.1, -0.05) is 40.8 Å². The second kappa shape index (κ2) is 7.14. The molecule has 0 aliphatic rings. The topological polar surface area (TPSA) is 63.8 Å². The van der Waals surface area contributed by atoms with Crippen molar-refractivity contribution in [3.8, 4) is 11.5 Å². The minimum absolute atomic E-state index is 0.670. The first-order valence-corrected chi connectivity index (χ1v) is 9.18. The SMILES string of the molecule is CCNc1nnc(SCc2coc(-c3ccc(C)cc3C)n2)s1. The molecule has 2 heterocycles. The highest BCUT2D eigenvalue weighted by molar-refractivity contribution is 8.00. The zero-order chi connectivity index (χ0) is 16.2. The number of rotatable bonds is 6. The van der Waals surface area contributed by atoms with Gasteiger partial charge in [-0.2, -0.15) is 0 Å². The summed E-state index contributed by atoms with van der Waals surface area (Å²) < 4.78 is 6.56. The standard InChI is InChI=1S/C16H18N4OS2/c1-4-17-15-19-20-16(23-15)22-9-12-8-21-14(18-12)13-6-5-10(2)7-11(13)3/h5-8H,4,9H2,1-3H3,(H,17,19). The molecule has 5 nitrogen and oxygen atoms in total. The summed E-state index contributed by atoms with van der Waals surface area (Å²) in [4.78, 5) is 4.58. The van der Waals surface area contributed by atoms with Gasteiger partial charge in [-0.05, 0) is 32.4 Å². The number of anilines is 1. The first-order valence-electron chi connectivity index (χ1n) is 7.38. The maximum atomic E-state index is 5.63. The number of oxazole rings is 1. The monoisotopic (exact) mass is 346 g/mol. The molecule has 0 bridgehead atoms. The van der Waals surface area contributed by atoms with Crippen molar-refractivity contribution in [3.63, 3.8) is 0 Å². The summed E-state index contributed by atoms with van der Waals surface area (Å²) in [6.45, 7) is 7.04. The Morgan fingerprint density at radius 2 is 2.13 bits per heavy atom. The number of aryl methyl sites for hydroxylation is 2. The Morgan fingerprint density at radius 1 is 1.26 bits per heavy atom. The highest BCUT2D eigenvalue weighted by atomic mass is 32.2. The second-order valence-corrected chi connectivity index (χ2v) is 7.35. The van der Waals surface area contributed by atoms with Gasteiger partial charge < -0.3 is 9.73 Å². The molecule has 0 unspecified atom stereocenters. The quantitative estimate of drug-likeness (QED) is 0.661. The van der Waals surface area contributed by atoms with Crippen molar-refractivity contribution in [1.82, 2.24) is 15.2 Å². The van der Waals surface area contributed by atoms with Gasteiger partial charge in [0.25, 0.3) is 0 Å². The third kappa shape index (κ3) is 3.92. The molecule has 0 saturated carbocycles. The number of benzene rings is 1. The fourth-order valence-electron chi connectivity index (χ4n) is 2.18. The Labute approximate surface area is 143 Å². The van der Waals surface area contributed by atoms with Crippen LogP contribution in [0.4, 0.5) is 5.13 Å². The molecule has 0 aliphatic heterocycles. The molecule has 3 rings (SSSR count). The predicted molar refractivity (Wildman–Crippen MR) is 95.0 cm³/mol. The van der Waals surface area contributed by atoms with E-state index in [-0.39, 0.29) is 0 Å². The molecule has 120 valence electrons. The van der Waals surface area contributed by atoms with Gasteiger partial charge in [0.1, 0.15) is 6.26 Å². The molecule has 0 aliphatic carbocycles. The van der Waals surface area contributed by atoms with Gasteiger partial charge in [0.15, 0.2) is 4.34 Å². The van der Waals surface area contributed by atoms with Gasteiger partial charge >= 0.3 is 0 Å². The van der Waals surface area contributed by atoms with Crippen LogP contribution in [0, 0.1) is 13.8 Å². The van der Waals surface area contributed by atoms with Crippen LogP contribution >= 0.6 is 23.1 Å². The minimum Gasteiger partial charge on any atom is -0.444 e. The van der Waals surface area contributed by atoms with Crippen LogP contribution in [-0.4, -0.2) is 21.7 Å².